The molecule has 2 aromatic rings. The van der Waals surface area contributed by atoms with Crippen molar-refractivity contribution < 1.29 is 19.0 Å². The van der Waals surface area contributed by atoms with Crippen LogP contribution in [0.15, 0.2) is 51.4 Å². The van der Waals surface area contributed by atoms with Crippen molar-refractivity contribution in [2.75, 3.05) is 0 Å². The van der Waals surface area contributed by atoms with E-state index in [9.17, 15) is 9.18 Å². The van der Waals surface area contributed by atoms with Crippen molar-refractivity contribution in [3.63, 3.8) is 0 Å². The molecule has 0 bridgehead atoms. The third kappa shape index (κ3) is 4.68. The van der Waals surface area contributed by atoms with E-state index in [0.29, 0.717) is 21.5 Å². The van der Waals surface area contributed by atoms with Crippen LogP contribution in [0, 0.1) is 5.82 Å². The molecule has 2 aromatic carbocycles. The summed E-state index contributed by atoms with van der Waals surface area (Å²) in [4.78, 5) is 10.6. The van der Waals surface area contributed by atoms with Crippen molar-refractivity contribution in [1.82, 2.24) is 0 Å². The number of carboxylic acids is 1. The van der Waals surface area contributed by atoms with Gasteiger partial charge in [0.05, 0.1) is 0 Å². The Kier molecular flexibility index (Phi) is 5.14. The van der Waals surface area contributed by atoms with Crippen LogP contribution in [0.2, 0.25) is 0 Å². The van der Waals surface area contributed by atoms with E-state index in [1.807, 2.05) is 0 Å². The first-order valence-corrected chi connectivity index (χ1v) is 7.37. The summed E-state index contributed by atoms with van der Waals surface area (Å²) < 4.78 is 20.3. The van der Waals surface area contributed by atoms with Crippen LogP contribution in [-0.2, 0) is 4.79 Å². The lowest BCUT2D eigenvalue weighted by Crippen LogP contribution is -1.91. The second-order valence-electron chi connectivity index (χ2n) is 4.06. The molecule has 0 atom stereocenters. The topological polar surface area (TPSA) is 46.5 Å². The zero-order valence-electron chi connectivity index (χ0n) is 10.5. The summed E-state index contributed by atoms with van der Waals surface area (Å²) in [5, 5.41) is 8.69. The van der Waals surface area contributed by atoms with E-state index in [1.54, 1.807) is 24.3 Å². The third-order valence-corrected chi connectivity index (χ3v) is 3.40. The molecule has 0 aliphatic heterocycles. The molecule has 108 valence electrons. The number of rotatable bonds is 4. The molecule has 2 rings (SSSR count). The Labute approximate surface area is 137 Å². The summed E-state index contributed by atoms with van der Waals surface area (Å²) in [6.45, 7) is 0. The second-order valence-corrected chi connectivity index (χ2v) is 5.89. The fourth-order valence-electron chi connectivity index (χ4n) is 1.61. The average molecular weight is 416 g/mol. The van der Waals surface area contributed by atoms with Crippen LogP contribution in [0.1, 0.15) is 5.56 Å². The Balaban J connectivity index is 2.37. The second kappa shape index (κ2) is 6.87. The minimum absolute atomic E-state index is 0.310. The van der Waals surface area contributed by atoms with Gasteiger partial charge in [0.15, 0.2) is 0 Å². The molecule has 0 unspecified atom stereocenters. The predicted molar refractivity (Wildman–Crippen MR) is 85.0 cm³/mol. The monoisotopic (exact) mass is 414 g/mol. The van der Waals surface area contributed by atoms with Crippen molar-refractivity contribution in [2.24, 2.45) is 0 Å². The quantitative estimate of drug-likeness (QED) is 0.694. The van der Waals surface area contributed by atoms with Crippen molar-refractivity contribution in [1.29, 1.82) is 0 Å². The number of halogens is 3. The lowest BCUT2D eigenvalue weighted by molar-refractivity contribution is -0.131. The highest BCUT2D eigenvalue weighted by Gasteiger charge is 2.06. The van der Waals surface area contributed by atoms with Gasteiger partial charge in [0, 0.05) is 26.7 Å². The van der Waals surface area contributed by atoms with Gasteiger partial charge in [-0.3, -0.25) is 0 Å². The largest absolute Gasteiger partial charge is 0.478 e. The molecular weight excluding hydrogens is 407 g/mol. The molecule has 6 heteroatoms. The Morgan fingerprint density at radius 2 is 1.90 bits per heavy atom. The Morgan fingerprint density at radius 1 is 1.14 bits per heavy atom. The highest BCUT2D eigenvalue weighted by atomic mass is 79.9. The molecule has 0 saturated heterocycles. The molecule has 3 nitrogen and oxygen atoms in total. The third-order valence-electron chi connectivity index (χ3n) is 2.44. The van der Waals surface area contributed by atoms with Gasteiger partial charge in [0.25, 0.3) is 0 Å². The maximum absolute atomic E-state index is 13.4. The Morgan fingerprint density at radius 3 is 2.57 bits per heavy atom. The zero-order chi connectivity index (χ0) is 15.4. The van der Waals surface area contributed by atoms with E-state index in [4.69, 9.17) is 9.84 Å². The van der Waals surface area contributed by atoms with E-state index in [2.05, 4.69) is 31.9 Å². The van der Waals surface area contributed by atoms with Gasteiger partial charge in [-0.05, 0) is 30.3 Å². The summed E-state index contributed by atoms with van der Waals surface area (Å²) >= 11 is 6.50. The number of ether oxygens (including phenoxy) is 1. The number of carbonyl (C=O) groups is 1. The molecule has 0 spiro atoms. The van der Waals surface area contributed by atoms with E-state index >= 15 is 0 Å². The number of carboxylic acid groups (broad SMARTS) is 1. The zero-order valence-corrected chi connectivity index (χ0v) is 13.7. The number of hydrogen-bond donors (Lipinski definition) is 1. The normalized spacial score (nSPS) is 10.8. The van der Waals surface area contributed by atoms with Crippen LogP contribution in [-0.4, -0.2) is 11.1 Å². The predicted octanol–water partition coefficient (Wildman–Crippen LogP) is 5.24. The highest BCUT2D eigenvalue weighted by molar-refractivity contribution is 9.10. The molecule has 0 radical (unpaired) electrons. The van der Waals surface area contributed by atoms with E-state index in [0.717, 1.165) is 10.5 Å². The molecule has 0 aliphatic rings. The fourth-order valence-corrected chi connectivity index (χ4v) is 2.39. The summed E-state index contributed by atoms with van der Waals surface area (Å²) in [6.07, 6.45) is 2.43. The van der Waals surface area contributed by atoms with Crippen LogP contribution >= 0.6 is 31.9 Å². The van der Waals surface area contributed by atoms with Crippen LogP contribution in [0.25, 0.3) is 6.08 Å². The molecule has 0 aliphatic carbocycles. The first-order valence-electron chi connectivity index (χ1n) is 5.78. The molecular formula is C15H9Br2FO3. The molecule has 21 heavy (non-hydrogen) atoms. The van der Waals surface area contributed by atoms with Gasteiger partial charge in [-0.25, -0.2) is 9.18 Å². The van der Waals surface area contributed by atoms with Crippen molar-refractivity contribution in [3.05, 3.63) is 62.8 Å². The van der Waals surface area contributed by atoms with E-state index < -0.39 is 11.8 Å². The van der Waals surface area contributed by atoms with E-state index in [-0.39, 0.29) is 0 Å². The van der Waals surface area contributed by atoms with Crippen molar-refractivity contribution in [3.8, 4) is 11.5 Å². The first-order chi connectivity index (χ1) is 9.94. The molecule has 0 fully saturated rings. The fraction of sp³-hybridized carbons (Fsp3) is 0. The number of aliphatic carboxylic acids is 1. The van der Waals surface area contributed by atoms with Crippen molar-refractivity contribution >= 4 is 43.9 Å². The highest BCUT2D eigenvalue weighted by Crippen LogP contribution is 2.31. The van der Waals surface area contributed by atoms with E-state index in [1.165, 1.54) is 18.2 Å². The Hall–Kier alpha value is -1.66. The van der Waals surface area contributed by atoms with Gasteiger partial charge < -0.3 is 9.84 Å². The van der Waals surface area contributed by atoms with Gasteiger partial charge in [-0.15, -0.1) is 0 Å². The first kappa shape index (κ1) is 15.7. The number of hydrogen-bond acceptors (Lipinski definition) is 2. The van der Waals surface area contributed by atoms with Gasteiger partial charge in [-0.1, -0.05) is 37.9 Å². The van der Waals surface area contributed by atoms with Gasteiger partial charge >= 0.3 is 5.97 Å². The molecule has 0 amide bonds. The Bertz CT molecular complexity index is 694. The standard InChI is InChI=1S/C15H9Br2FO3/c16-10-3-1-9(2-4-15(19)20)14(7-10)21-13-6-11(17)5-12(18)8-13/h1-8H,(H,19,20)/b4-2+. The molecule has 0 aromatic heterocycles. The lowest BCUT2D eigenvalue weighted by Gasteiger charge is -2.10. The maximum Gasteiger partial charge on any atom is 0.328 e. The molecule has 0 heterocycles. The minimum Gasteiger partial charge on any atom is -0.478 e. The summed E-state index contributed by atoms with van der Waals surface area (Å²) in [7, 11) is 0. The van der Waals surface area contributed by atoms with Crippen LogP contribution in [0.5, 0.6) is 11.5 Å². The number of benzene rings is 2. The van der Waals surface area contributed by atoms with Gasteiger partial charge in [0.2, 0.25) is 0 Å². The SMILES string of the molecule is O=C(O)/C=C/c1ccc(Br)cc1Oc1cc(F)cc(Br)c1. The summed E-state index contributed by atoms with van der Waals surface area (Å²) in [5.41, 5.74) is 0.570. The maximum atomic E-state index is 13.4. The van der Waals surface area contributed by atoms with Crippen molar-refractivity contribution in [2.45, 2.75) is 0 Å². The average Bonchev–Trinajstić information content (AvgIpc) is 2.36. The lowest BCUT2D eigenvalue weighted by atomic mass is 10.2. The van der Waals surface area contributed by atoms with Crippen LogP contribution in [0.4, 0.5) is 4.39 Å². The minimum atomic E-state index is -1.06. The van der Waals surface area contributed by atoms with Gasteiger partial charge in [-0.2, -0.15) is 0 Å². The summed E-state index contributed by atoms with van der Waals surface area (Å²) in [6, 6.07) is 9.33. The van der Waals surface area contributed by atoms with Gasteiger partial charge in [0.1, 0.15) is 17.3 Å². The van der Waals surface area contributed by atoms with Crippen LogP contribution < -0.4 is 4.74 Å². The smallest absolute Gasteiger partial charge is 0.328 e. The van der Waals surface area contributed by atoms with Crippen LogP contribution in [0.3, 0.4) is 0 Å². The summed E-state index contributed by atoms with van der Waals surface area (Å²) in [5.74, 6) is -0.765. The molecule has 0 saturated carbocycles. The molecule has 1 N–H and O–H groups in total.